The number of halogens is 3. The van der Waals surface area contributed by atoms with Crippen LogP contribution in [0, 0.1) is 11.3 Å². The van der Waals surface area contributed by atoms with Gasteiger partial charge in [0.05, 0.1) is 6.54 Å². The van der Waals surface area contributed by atoms with Gasteiger partial charge in [0.2, 0.25) is 0 Å². The molecule has 0 aromatic rings. The summed E-state index contributed by atoms with van der Waals surface area (Å²) >= 11 is 0. The first kappa shape index (κ1) is 14.1. The van der Waals surface area contributed by atoms with E-state index in [1.165, 1.54) is 17.7 Å². The van der Waals surface area contributed by atoms with E-state index in [0.717, 1.165) is 13.0 Å². The minimum atomic E-state index is -4.06. The SMILES string of the molecule is CC(NCC1CCN(CC(F)(F)F)C1)C1(C)CC1. The Hall–Kier alpha value is -0.290. The predicted molar refractivity (Wildman–Crippen MR) is 65.4 cm³/mol. The molecule has 1 aliphatic carbocycles. The fraction of sp³-hybridized carbons (Fsp3) is 1.00. The Bertz CT molecular complexity index is 286. The Morgan fingerprint density at radius 1 is 1.39 bits per heavy atom. The van der Waals surface area contributed by atoms with Crippen LogP contribution in [0.1, 0.15) is 33.1 Å². The monoisotopic (exact) mass is 264 g/mol. The van der Waals surface area contributed by atoms with Crippen LogP contribution < -0.4 is 5.32 Å². The Balaban J connectivity index is 1.67. The number of likely N-dealkylation sites (tertiary alicyclic amines) is 1. The molecule has 106 valence electrons. The van der Waals surface area contributed by atoms with Crippen molar-refractivity contribution in [2.75, 3.05) is 26.2 Å². The van der Waals surface area contributed by atoms with Crippen molar-refractivity contribution in [3.05, 3.63) is 0 Å². The fourth-order valence-electron chi connectivity index (χ4n) is 2.70. The maximum absolute atomic E-state index is 12.3. The van der Waals surface area contributed by atoms with Crippen molar-refractivity contribution in [2.24, 2.45) is 11.3 Å². The third-order valence-electron chi connectivity index (χ3n) is 4.57. The lowest BCUT2D eigenvalue weighted by Gasteiger charge is -2.23. The number of hydrogen-bond acceptors (Lipinski definition) is 2. The molecule has 0 spiro atoms. The van der Waals surface area contributed by atoms with Crippen molar-refractivity contribution in [2.45, 2.75) is 45.3 Å². The van der Waals surface area contributed by atoms with Crippen LogP contribution in [0.4, 0.5) is 13.2 Å². The minimum absolute atomic E-state index is 0.372. The van der Waals surface area contributed by atoms with Gasteiger partial charge in [-0.3, -0.25) is 4.90 Å². The molecule has 2 rings (SSSR count). The van der Waals surface area contributed by atoms with Crippen molar-refractivity contribution in [1.82, 2.24) is 10.2 Å². The van der Waals surface area contributed by atoms with Crippen LogP contribution in [0.25, 0.3) is 0 Å². The van der Waals surface area contributed by atoms with Gasteiger partial charge < -0.3 is 5.32 Å². The van der Waals surface area contributed by atoms with Crippen molar-refractivity contribution in [3.8, 4) is 0 Å². The molecule has 5 heteroatoms. The van der Waals surface area contributed by atoms with E-state index in [-0.39, 0.29) is 0 Å². The van der Waals surface area contributed by atoms with Crippen LogP contribution in [0.2, 0.25) is 0 Å². The zero-order valence-electron chi connectivity index (χ0n) is 11.2. The number of alkyl halides is 3. The van der Waals surface area contributed by atoms with Crippen molar-refractivity contribution in [3.63, 3.8) is 0 Å². The van der Waals surface area contributed by atoms with Gasteiger partial charge in [-0.1, -0.05) is 6.92 Å². The molecule has 1 saturated heterocycles. The molecule has 2 fully saturated rings. The maximum Gasteiger partial charge on any atom is 0.401 e. The topological polar surface area (TPSA) is 15.3 Å². The van der Waals surface area contributed by atoms with E-state index >= 15 is 0 Å². The summed E-state index contributed by atoms with van der Waals surface area (Å²) in [5.74, 6) is 0.372. The first-order chi connectivity index (χ1) is 8.28. The van der Waals surface area contributed by atoms with Gasteiger partial charge in [0.15, 0.2) is 0 Å². The molecular formula is C13H23F3N2. The molecule has 2 atom stereocenters. The van der Waals surface area contributed by atoms with Crippen LogP contribution >= 0.6 is 0 Å². The van der Waals surface area contributed by atoms with Crippen LogP contribution in [0.3, 0.4) is 0 Å². The second kappa shape index (κ2) is 5.00. The van der Waals surface area contributed by atoms with Gasteiger partial charge in [0.25, 0.3) is 0 Å². The lowest BCUT2D eigenvalue weighted by Crippen LogP contribution is -2.38. The summed E-state index contributed by atoms with van der Waals surface area (Å²) in [5, 5.41) is 3.50. The summed E-state index contributed by atoms with van der Waals surface area (Å²) in [6.07, 6.45) is -0.637. The lowest BCUT2D eigenvalue weighted by molar-refractivity contribution is -0.143. The third-order valence-corrected chi connectivity index (χ3v) is 4.57. The Morgan fingerprint density at radius 2 is 2.06 bits per heavy atom. The van der Waals surface area contributed by atoms with E-state index in [4.69, 9.17) is 0 Å². The lowest BCUT2D eigenvalue weighted by atomic mass is 10.00. The van der Waals surface area contributed by atoms with Crippen LogP contribution in [0.15, 0.2) is 0 Å². The van der Waals surface area contributed by atoms with E-state index in [9.17, 15) is 13.2 Å². The molecule has 18 heavy (non-hydrogen) atoms. The summed E-state index contributed by atoms with van der Waals surface area (Å²) in [5.41, 5.74) is 0.435. The van der Waals surface area contributed by atoms with E-state index in [0.29, 0.717) is 30.5 Å². The highest BCUT2D eigenvalue weighted by molar-refractivity contribution is 4.97. The van der Waals surface area contributed by atoms with Gasteiger partial charge in [0.1, 0.15) is 0 Å². The summed E-state index contributed by atoms with van der Waals surface area (Å²) < 4.78 is 36.8. The second-order valence-electron chi connectivity index (χ2n) is 6.29. The molecule has 0 aromatic carbocycles. The Morgan fingerprint density at radius 3 is 2.61 bits per heavy atom. The minimum Gasteiger partial charge on any atom is -0.313 e. The first-order valence-electron chi connectivity index (χ1n) is 6.81. The summed E-state index contributed by atoms with van der Waals surface area (Å²) in [7, 11) is 0. The smallest absolute Gasteiger partial charge is 0.313 e. The average Bonchev–Trinajstić information content (AvgIpc) is 2.84. The molecule has 1 heterocycles. The number of rotatable bonds is 5. The van der Waals surface area contributed by atoms with E-state index in [1.54, 1.807) is 0 Å². The van der Waals surface area contributed by atoms with Gasteiger partial charge >= 0.3 is 6.18 Å². The standard InChI is InChI=1S/C13H23F3N2/c1-10(12(2)4-5-12)17-7-11-3-6-18(8-11)9-13(14,15)16/h10-11,17H,3-9H2,1-2H3. The zero-order valence-corrected chi connectivity index (χ0v) is 11.2. The molecule has 0 radical (unpaired) electrons. The second-order valence-corrected chi connectivity index (χ2v) is 6.29. The summed E-state index contributed by atoms with van der Waals surface area (Å²) in [6.45, 7) is 5.72. The molecule has 1 aliphatic heterocycles. The van der Waals surface area contributed by atoms with Crippen LogP contribution in [-0.4, -0.2) is 43.3 Å². The van der Waals surface area contributed by atoms with E-state index in [2.05, 4.69) is 19.2 Å². The highest BCUT2D eigenvalue weighted by atomic mass is 19.4. The zero-order chi connectivity index (χ0) is 13.4. The Labute approximate surface area is 107 Å². The van der Waals surface area contributed by atoms with Gasteiger partial charge in [-0.15, -0.1) is 0 Å². The largest absolute Gasteiger partial charge is 0.401 e. The summed E-state index contributed by atoms with van der Waals surface area (Å²) in [4.78, 5) is 1.52. The first-order valence-corrected chi connectivity index (χ1v) is 6.81. The molecule has 2 aliphatic rings. The number of nitrogens with zero attached hydrogens (tertiary/aromatic N) is 1. The van der Waals surface area contributed by atoms with Crippen LogP contribution in [0.5, 0.6) is 0 Å². The third kappa shape index (κ3) is 3.85. The normalized spacial score (nSPS) is 29.5. The number of hydrogen-bond donors (Lipinski definition) is 1. The van der Waals surface area contributed by atoms with Gasteiger partial charge in [-0.25, -0.2) is 0 Å². The molecule has 1 N–H and O–H groups in total. The Kier molecular flexibility index (Phi) is 3.93. The molecule has 0 amide bonds. The molecule has 0 bridgehead atoms. The predicted octanol–water partition coefficient (Wildman–Crippen LogP) is 2.65. The van der Waals surface area contributed by atoms with Gasteiger partial charge in [0, 0.05) is 12.6 Å². The highest BCUT2D eigenvalue weighted by Crippen LogP contribution is 2.47. The highest BCUT2D eigenvalue weighted by Gasteiger charge is 2.42. The summed E-state index contributed by atoms with van der Waals surface area (Å²) in [6, 6.07) is 0.481. The molecule has 1 saturated carbocycles. The van der Waals surface area contributed by atoms with Crippen LogP contribution in [-0.2, 0) is 0 Å². The van der Waals surface area contributed by atoms with Gasteiger partial charge in [-0.05, 0) is 50.6 Å². The maximum atomic E-state index is 12.3. The van der Waals surface area contributed by atoms with Crippen molar-refractivity contribution >= 4 is 0 Å². The van der Waals surface area contributed by atoms with E-state index < -0.39 is 12.7 Å². The van der Waals surface area contributed by atoms with E-state index in [1.807, 2.05) is 0 Å². The average molecular weight is 264 g/mol. The quantitative estimate of drug-likeness (QED) is 0.821. The molecule has 2 unspecified atom stereocenters. The fourth-order valence-corrected chi connectivity index (χ4v) is 2.70. The van der Waals surface area contributed by atoms with Crippen molar-refractivity contribution < 1.29 is 13.2 Å². The number of nitrogens with one attached hydrogen (secondary N) is 1. The van der Waals surface area contributed by atoms with Crippen molar-refractivity contribution in [1.29, 1.82) is 0 Å². The van der Waals surface area contributed by atoms with Gasteiger partial charge in [-0.2, -0.15) is 13.2 Å². The molecule has 2 nitrogen and oxygen atoms in total. The molecule has 0 aromatic heterocycles. The molecular weight excluding hydrogens is 241 g/mol.